The van der Waals surface area contributed by atoms with Gasteiger partial charge in [-0.05, 0) is 30.7 Å². The zero-order chi connectivity index (χ0) is 24.3. The summed E-state index contributed by atoms with van der Waals surface area (Å²) >= 11 is 1.71. The number of nitrogens with one attached hydrogen (secondary N) is 1. The van der Waals surface area contributed by atoms with Crippen molar-refractivity contribution in [1.82, 2.24) is 9.88 Å². The topological polar surface area (TPSA) is 105 Å². The predicted octanol–water partition coefficient (Wildman–Crippen LogP) is 4.12. The fourth-order valence-electron chi connectivity index (χ4n) is 6.08. The van der Waals surface area contributed by atoms with Crippen molar-refractivity contribution in [2.45, 2.75) is 24.4 Å². The minimum absolute atomic E-state index is 0.0307. The fraction of sp³-hybridized carbons (Fsp3) is 0.269. The van der Waals surface area contributed by atoms with Crippen LogP contribution in [-0.2, 0) is 10.3 Å². The number of nitro groups is 1. The van der Waals surface area contributed by atoms with E-state index >= 15 is 0 Å². The van der Waals surface area contributed by atoms with Gasteiger partial charge < -0.3 is 5.32 Å². The number of nitro benzene ring substituents is 1. The van der Waals surface area contributed by atoms with Gasteiger partial charge in [-0.25, -0.2) is 0 Å². The summed E-state index contributed by atoms with van der Waals surface area (Å²) in [7, 11) is 0. The molecule has 35 heavy (non-hydrogen) atoms. The van der Waals surface area contributed by atoms with Crippen molar-refractivity contribution >= 4 is 34.8 Å². The van der Waals surface area contributed by atoms with Crippen molar-refractivity contribution < 1.29 is 14.5 Å². The van der Waals surface area contributed by atoms with Crippen LogP contribution >= 0.6 is 11.8 Å². The summed E-state index contributed by atoms with van der Waals surface area (Å²) in [6.45, 7) is 1.97. The summed E-state index contributed by atoms with van der Waals surface area (Å²) in [4.78, 5) is 45.9. The SMILES string of the molecule is Cc1ccc2c(c1)[C@]1(C(=O)N2)C(C(=O)c2ccccn2)C(c2cccc([N+](=O)[O-])c2)C2CSCN21. The standard InChI is InChI=1S/C26H22N4O4S/c1-15-8-9-19-18(11-15)26(25(32)28-19)23(24(31)20-7-2-3-10-27-20)22(21-13-35-14-29(21)26)16-5-4-6-17(12-16)30(33)34/h2-12,21-23H,13-14H2,1H3,(H,28,32)/t21?,22?,23?,26-/m1/s1. The Hall–Kier alpha value is -3.56. The molecule has 3 aliphatic rings. The third-order valence-electron chi connectivity index (χ3n) is 7.44. The van der Waals surface area contributed by atoms with Gasteiger partial charge in [0.05, 0.1) is 10.8 Å². The summed E-state index contributed by atoms with van der Waals surface area (Å²) in [5.74, 6) is -0.373. The number of Topliss-reactive ketones (excluding diaryl/α,β-unsaturated/α-hetero) is 1. The lowest BCUT2D eigenvalue weighted by molar-refractivity contribution is -0.384. The Morgan fingerprint density at radius 1 is 1.20 bits per heavy atom. The van der Waals surface area contributed by atoms with Gasteiger partial charge in [-0.2, -0.15) is 0 Å². The highest BCUT2D eigenvalue weighted by Gasteiger charge is 2.69. The third kappa shape index (κ3) is 3.08. The van der Waals surface area contributed by atoms with Crippen LogP contribution in [0.15, 0.2) is 66.9 Å². The van der Waals surface area contributed by atoms with Gasteiger partial charge in [-0.3, -0.25) is 29.6 Å². The number of ketones is 1. The number of aryl methyl sites for hydroxylation is 1. The third-order valence-corrected chi connectivity index (χ3v) is 8.48. The van der Waals surface area contributed by atoms with E-state index in [4.69, 9.17) is 0 Å². The van der Waals surface area contributed by atoms with E-state index in [9.17, 15) is 19.7 Å². The second kappa shape index (κ2) is 8.00. The molecule has 0 aliphatic carbocycles. The van der Waals surface area contributed by atoms with Crippen molar-refractivity contribution in [3.05, 3.63) is 99.4 Å². The molecule has 2 aromatic carbocycles. The van der Waals surface area contributed by atoms with Gasteiger partial charge in [0, 0.05) is 53.2 Å². The lowest BCUT2D eigenvalue weighted by Crippen LogP contribution is -2.52. The van der Waals surface area contributed by atoms with Crippen molar-refractivity contribution in [1.29, 1.82) is 0 Å². The van der Waals surface area contributed by atoms with E-state index in [2.05, 4.69) is 15.2 Å². The average Bonchev–Trinajstić information content (AvgIpc) is 3.52. The Kier molecular flexibility index (Phi) is 5.01. The van der Waals surface area contributed by atoms with Crippen molar-refractivity contribution in [3.63, 3.8) is 0 Å². The number of carbonyl (C=O) groups excluding carboxylic acids is 2. The Labute approximate surface area is 205 Å². The Morgan fingerprint density at radius 3 is 2.83 bits per heavy atom. The van der Waals surface area contributed by atoms with Crippen LogP contribution in [0.1, 0.15) is 33.1 Å². The Morgan fingerprint density at radius 2 is 2.06 bits per heavy atom. The molecule has 176 valence electrons. The second-order valence-electron chi connectivity index (χ2n) is 9.24. The minimum Gasteiger partial charge on any atom is -0.324 e. The highest BCUT2D eigenvalue weighted by Crippen LogP contribution is 2.61. The molecule has 9 heteroatoms. The summed E-state index contributed by atoms with van der Waals surface area (Å²) in [5.41, 5.74) is 2.21. The number of pyridine rings is 1. The molecule has 4 heterocycles. The van der Waals surface area contributed by atoms with Gasteiger partial charge >= 0.3 is 0 Å². The molecular formula is C26H22N4O4S. The molecule has 0 saturated carbocycles. The van der Waals surface area contributed by atoms with E-state index in [1.807, 2.05) is 31.2 Å². The zero-order valence-corrected chi connectivity index (χ0v) is 19.7. The van der Waals surface area contributed by atoms with Gasteiger partial charge in [0.2, 0.25) is 5.91 Å². The Bertz CT molecular complexity index is 1380. The van der Waals surface area contributed by atoms with E-state index in [-0.39, 0.29) is 29.1 Å². The molecule has 2 fully saturated rings. The van der Waals surface area contributed by atoms with Crippen LogP contribution in [0.3, 0.4) is 0 Å². The first kappa shape index (κ1) is 21.9. The first-order valence-electron chi connectivity index (χ1n) is 11.4. The molecule has 1 amide bonds. The molecule has 4 atom stereocenters. The highest BCUT2D eigenvalue weighted by molar-refractivity contribution is 7.99. The molecule has 1 aromatic heterocycles. The van der Waals surface area contributed by atoms with E-state index in [1.54, 1.807) is 48.3 Å². The van der Waals surface area contributed by atoms with Crippen molar-refractivity contribution in [2.24, 2.45) is 5.92 Å². The number of non-ortho nitro benzene ring substituents is 1. The molecule has 2 saturated heterocycles. The van der Waals surface area contributed by atoms with Crippen molar-refractivity contribution in [2.75, 3.05) is 16.9 Å². The lowest BCUT2D eigenvalue weighted by Gasteiger charge is -2.36. The molecule has 3 aliphatic heterocycles. The summed E-state index contributed by atoms with van der Waals surface area (Å²) in [5, 5.41) is 14.6. The number of thioether (sulfide) groups is 1. The maximum atomic E-state index is 14.3. The number of anilines is 1. The molecular weight excluding hydrogens is 464 g/mol. The number of rotatable bonds is 4. The molecule has 0 radical (unpaired) electrons. The zero-order valence-electron chi connectivity index (χ0n) is 18.9. The van der Waals surface area contributed by atoms with Gasteiger partial charge in [-0.1, -0.05) is 35.9 Å². The fourth-order valence-corrected chi connectivity index (χ4v) is 7.40. The number of amides is 1. The monoisotopic (exact) mass is 486 g/mol. The minimum atomic E-state index is -1.22. The highest BCUT2D eigenvalue weighted by atomic mass is 32.2. The summed E-state index contributed by atoms with van der Waals surface area (Å²) < 4.78 is 0. The van der Waals surface area contributed by atoms with Crippen LogP contribution in [0.2, 0.25) is 0 Å². The average molecular weight is 487 g/mol. The van der Waals surface area contributed by atoms with Crippen LogP contribution in [0.25, 0.3) is 0 Å². The van der Waals surface area contributed by atoms with Crippen molar-refractivity contribution in [3.8, 4) is 0 Å². The molecule has 1 N–H and O–H groups in total. The summed E-state index contributed by atoms with van der Waals surface area (Å²) in [6.07, 6.45) is 1.57. The quantitative estimate of drug-likeness (QED) is 0.336. The second-order valence-corrected chi connectivity index (χ2v) is 10.2. The number of hydrogen-bond acceptors (Lipinski definition) is 7. The van der Waals surface area contributed by atoms with Crippen LogP contribution in [0.5, 0.6) is 0 Å². The number of hydrogen-bond donors (Lipinski definition) is 1. The maximum absolute atomic E-state index is 14.3. The van der Waals surface area contributed by atoms with E-state index in [0.717, 1.165) is 16.9 Å². The number of fused-ring (bicyclic) bond motifs is 4. The molecule has 6 rings (SSSR count). The first-order valence-corrected chi connectivity index (χ1v) is 12.5. The Balaban J connectivity index is 1.63. The number of nitrogens with zero attached hydrogens (tertiary/aromatic N) is 3. The maximum Gasteiger partial charge on any atom is 0.269 e. The normalized spacial score (nSPS) is 27.0. The van der Waals surface area contributed by atoms with Crippen LogP contribution in [-0.4, -0.2) is 44.2 Å². The van der Waals surface area contributed by atoms with E-state index in [0.29, 0.717) is 17.1 Å². The number of benzene rings is 2. The predicted molar refractivity (Wildman–Crippen MR) is 132 cm³/mol. The molecule has 3 aromatic rings. The first-order chi connectivity index (χ1) is 16.9. The largest absolute Gasteiger partial charge is 0.324 e. The van der Waals surface area contributed by atoms with Gasteiger partial charge in [0.25, 0.3) is 5.69 Å². The lowest BCUT2D eigenvalue weighted by atomic mass is 9.70. The molecule has 8 nitrogen and oxygen atoms in total. The molecule has 1 spiro atoms. The van der Waals surface area contributed by atoms with Gasteiger partial charge in [0.15, 0.2) is 5.78 Å². The molecule has 0 bridgehead atoms. The van der Waals surface area contributed by atoms with Gasteiger partial charge in [-0.15, -0.1) is 11.8 Å². The number of aromatic nitrogens is 1. The number of carbonyl (C=O) groups is 2. The van der Waals surface area contributed by atoms with Crippen LogP contribution in [0, 0.1) is 23.0 Å². The van der Waals surface area contributed by atoms with E-state index in [1.165, 1.54) is 6.07 Å². The summed E-state index contributed by atoms with van der Waals surface area (Å²) in [6, 6.07) is 17.3. The smallest absolute Gasteiger partial charge is 0.269 e. The van der Waals surface area contributed by atoms with Crippen LogP contribution < -0.4 is 5.32 Å². The van der Waals surface area contributed by atoms with Crippen LogP contribution in [0.4, 0.5) is 11.4 Å². The molecule has 3 unspecified atom stereocenters. The van der Waals surface area contributed by atoms with E-state index < -0.39 is 22.3 Å². The van der Waals surface area contributed by atoms with Gasteiger partial charge in [0.1, 0.15) is 11.2 Å².